The van der Waals surface area contributed by atoms with Crippen molar-refractivity contribution in [1.29, 1.82) is 0 Å². The molecule has 0 unspecified atom stereocenters. The van der Waals surface area contributed by atoms with Crippen molar-refractivity contribution in [2.45, 2.75) is 39.8 Å². The zero-order chi connectivity index (χ0) is 11.1. The van der Waals surface area contributed by atoms with Crippen LogP contribution in [0.3, 0.4) is 0 Å². The lowest BCUT2D eigenvalue weighted by molar-refractivity contribution is 0.142. The van der Waals surface area contributed by atoms with Crippen LogP contribution in [0.4, 0.5) is 5.95 Å². The van der Waals surface area contributed by atoms with Crippen LogP contribution >= 0.6 is 0 Å². The first-order valence-electron chi connectivity index (χ1n) is 5.59. The smallest absolute Gasteiger partial charge is 0.202 e. The van der Waals surface area contributed by atoms with Gasteiger partial charge in [0.25, 0.3) is 0 Å². The summed E-state index contributed by atoms with van der Waals surface area (Å²) in [7, 11) is 0. The average molecular weight is 211 g/mol. The van der Waals surface area contributed by atoms with E-state index >= 15 is 0 Å². The fourth-order valence-electron chi connectivity index (χ4n) is 1.37. The SMILES string of the molecule is CCOCCCn1ccnc1NC(C)C. The lowest BCUT2D eigenvalue weighted by atomic mass is 10.4. The molecule has 1 rings (SSSR count). The monoisotopic (exact) mass is 211 g/mol. The molecule has 0 atom stereocenters. The topological polar surface area (TPSA) is 39.1 Å². The minimum absolute atomic E-state index is 0.415. The third-order valence-corrected chi connectivity index (χ3v) is 2.03. The molecule has 0 aromatic carbocycles. The Hall–Kier alpha value is -1.03. The lowest BCUT2D eigenvalue weighted by Crippen LogP contribution is -2.15. The number of anilines is 1. The van der Waals surface area contributed by atoms with E-state index in [-0.39, 0.29) is 0 Å². The predicted octanol–water partition coefficient (Wildman–Crippen LogP) is 2.13. The molecule has 1 aromatic rings. The molecule has 86 valence electrons. The van der Waals surface area contributed by atoms with Gasteiger partial charge in [-0.2, -0.15) is 0 Å². The lowest BCUT2D eigenvalue weighted by Gasteiger charge is -2.11. The molecule has 1 heterocycles. The maximum absolute atomic E-state index is 5.30. The van der Waals surface area contributed by atoms with Crippen molar-refractivity contribution in [2.75, 3.05) is 18.5 Å². The first kappa shape index (κ1) is 12.0. The Labute approximate surface area is 91.7 Å². The number of hydrogen-bond acceptors (Lipinski definition) is 3. The van der Waals surface area contributed by atoms with Gasteiger partial charge in [-0.3, -0.25) is 0 Å². The summed E-state index contributed by atoms with van der Waals surface area (Å²) < 4.78 is 7.42. The number of ether oxygens (including phenoxy) is 1. The number of rotatable bonds is 7. The molecule has 1 aromatic heterocycles. The fraction of sp³-hybridized carbons (Fsp3) is 0.727. The Morgan fingerprint density at radius 1 is 1.53 bits per heavy atom. The van der Waals surface area contributed by atoms with E-state index in [9.17, 15) is 0 Å². The maximum Gasteiger partial charge on any atom is 0.202 e. The highest BCUT2D eigenvalue weighted by Gasteiger charge is 2.02. The molecule has 0 saturated carbocycles. The van der Waals surface area contributed by atoms with Gasteiger partial charge in [-0.25, -0.2) is 4.98 Å². The molecule has 0 aliphatic rings. The molecule has 4 heteroatoms. The highest BCUT2D eigenvalue weighted by Crippen LogP contribution is 2.06. The van der Waals surface area contributed by atoms with Gasteiger partial charge in [0.05, 0.1) is 0 Å². The minimum atomic E-state index is 0.415. The van der Waals surface area contributed by atoms with Crippen LogP contribution < -0.4 is 5.32 Å². The summed E-state index contributed by atoms with van der Waals surface area (Å²) >= 11 is 0. The Bertz CT molecular complexity index is 271. The maximum atomic E-state index is 5.30. The number of hydrogen-bond donors (Lipinski definition) is 1. The molecule has 0 spiro atoms. The van der Waals surface area contributed by atoms with Gasteiger partial charge in [-0.1, -0.05) is 0 Å². The van der Waals surface area contributed by atoms with Crippen molar-refractivity contribution >= 4 is 5.95 Å². The van der Waals surface area contributed by atoms with Gasteiger partial charge in [0.2, 0.25) is 5.95 Å². The fourth-order valence-corrected chi connectivity index (χ4v) is 1.37. The van der Waals surface area contributed by atoms with Crippen molar-refractivity contribution in [3.05, 3.63) is 12.4 Å². The number of aromatic nitrogens is 2. The summed E-state index contributed by atoms with van der Waals surface area (Å²) in [6.07, 6.45) is 4.85. The first-order valence-corrected chi connectivity index (χ1v) is 5.59. The largest absolute Gasteiger partial charge is 0.382 e. The predicted molar refractivity (Wildman–Crippen MR) is 62.1 cm³/mol. The molecular formula is C11H21N3O. The minimum Gasteiger partial charge on any atom is -0.382 e. The van der Waals surface area contributed by atoms with Gasteiger partial charge in [-0.15, -0.1) is 0 Å². The zero-order valence-corrected chi connectivity index (χ0v) is 9.86. The molecule has 0 bridgehead atoms. The Balaban J connectivity index is 2.36. The van der Waals surface area contributed by atoms with Crippen LogP contribution in [0.15, 0.2) is 12.4 Å². The van der Waals surface area contributed by atoms with Gasteiger partial charge < -0.3 is 14.6 Å². The van der Waals surface area contributed by atoms with Gasteiger partial charge in [0.15, 0.2) is 0 Å². The number of imidazole rings is 1. The van der Waals surface area contributed by atoms with E-state index in [4.69, 9.17) is 4.74 Å². The summed E-state index contributed by atoms with van der Waals surface area (Å²) in [6, 6.07) is 0.415. The highest BCUT2D eigenvalue weighted by atomic mass is 16.5. The molecule has 0 saturated heterocycles. The van der Waals surface area contributed by atoms with E-state index in [1.165, 1.54) is 0 Å². The van der Waals surface area contributed by atoms with E-state index in [1.807, 2.05) is 19.3 Å². The third-order valence-electron chi connectivity index (χ3n) is 2.03. The second-order valence-corrected chi connectivity index (χ2v) is 3.79. The van der Waals surface area contributed by atoms with Gasteiger partial charge >= 0.3 is 0 Å². The van der Waals surface area contributed by atoms with Crippen molar-refractivity contribution in [1.82, 2.24) is 9.55 Å². The highest BCUT2D eigenvalue weighted by molar-refractivity contribution is 5.26. The molecule has 0 radical (unpaired) electrons. The molecule has 0 fully saturated rings. The number of nitrogens with one attached hydrogen (secondary N) is 1. The van der Waals surface area contributed by atoms with Gasteiger partial charge in [-0.05, 0) is 27.2 Å². The Morgan fingerprint density at radius 2 is 2.33 bits per heavy atom. The van der Waals surface area contributed by atoms with Crippen LogP contribution in [0.5, 0.6) is 0 Å². The summed E-state index contributed by atoms with van der Waals surface area (Å²) in [6.45, 7) is 8.80. The molecule has 1 N–H and O–H groups in total. The summed E-state index contributed by atoms with van der Waals surface area (Å²) in [4.78, 5) is 4.27. The van der Waals surface area contributed by atoms with E-state index in [0.717, 1.165) is 32.1 Å². The zero-order valence-electron chi connectivity index (χ0n) is 9.86. The standard InChI is InChI=1S/C11H21N3O/c1-4-15-9-5-7-14-8-6-12-11(14)13-10(2)3/h6,8,10H,4-5,7,9H2,1-3H3,(H,12,13). The third kappa shape index (κ3) is 4.34. The molecular weight excluding hydrogens is 190 g/mol. The summed E-state index contributed by atoms with van der Waals surface area (Å²) in [5, 5.41) is 3.31. The van der Waals surface area contributed by atoms with E-state index < -0.39 is 0 Å². The van der Waals surface area contributed by atoms with E-state index in [0.29, 0.717) is 6.04 Å². The Kier molecular flexibility index (Phi) is 5.18. The molecule has 0 amide bonds. The molecule has 15 heavy (non-hydrogen) atoms. The average Bonchev–Trinajstić information content (AvgIpc) is 2.59. The summed E-state index contributed by atoms with van der Waals surface area (Å²) in [5.41, 5.74) is 0. The van der Waals surface area contributed by atoms with Crippen molar-refractivity contribution in [3.8, 4) is 0 Å². The summed E-state index contributed by atoms with van der Waals surface area (Å²) in [5.74, 6) is 0.946. The van der Waals surface area contributed by atoms with E-state index in [2.05, 4.69) is 28.7 Å². The van der Waals surface area contributed by atoms with Crippen LogP contribution in [-0.4, -0.2) is 28.8 Å². The van der Waals surface area contributed by atoms with Crippen LogP contribution in [0.2, 0.25) is 0 Å². The van der Waals surface area contributed by atoms with Crippen LogP contribution in [0.25, 0.3) is 0 Å². The normalized spacial score (nSPS) is 10.9. The quantitative estimate of drug-likeness (QED) is 0.702. The second kappa shape index (κ2) is 6.45. The number of aryl methyl sites for hydroxylation is 1. The van der Waals surface area contributed by atoms with Crippen LogP contribution in [0.1, 0.15) is 27.2 Å². The first-order chi connectivity index (χ1) is 7.24. The van der Waals surface area contributed by atoms with Crippen LogP contribution in [-0.2, 0) is 11.3 Å². The van der Waals surface area contributed by atoms with Crippen LogP contribution in [0, 0.1) is 0 Å². The van der Waals surface area contributed by atoms with Crippen molar-refractivity contribution in [3.63, 3.8) is 0 Å². The van der Waals surface area contributed by atoms with Gasteiger partial charge in [0, 0.05) is 38.2 Å². The van der Waals surface area contributed by atoms with E-state index in [1.54, 1.807) is 0 Å². The Morgan fingerprint density at radius 3 is 3.00 bits per heavy atom. The van der Waals surface area contributed by atoms with Crippen molar-refractivity contribution in [2.24, 2.45) is 0 Å². The second-order valence-electron chi connectivity index (χ2n) is 3.79. The molecule has 4 nitrogen and oxygen atoms in total. The van der Waals surface area contributed by atoms with Crippen molar-refractivity contribution < 1.29 is 4.74 Å². The number of nitrogens with zero attached hydrogens (tertiary/aromatic N) is 2. The van der Waals surface area contributed by atoms with Gasteiger partial charge in [0.1, 0.15) is 0 Å². The molecule has 0 aliphatic heterocycles. The molecule has 0 aliphatic carbocycles.